The molecule has 0 aromatic heterocycles. The summed E-state index contributed by atoms with van der Waals surface area (Å²) in [5, 5.41) is 3.45. The average Bonchev–Trinajstić information content (AvgIpc) is 3.30. The predicted octanol–water partition coefficient (Wildman–Crippen LogP) is 3.82. The first-order chi connectivity index (χ1) is 16.9. The molecule has 0 spiro atoms. The van der Waals surface area contributed by atoms with Gasteiger partial charge in [0.1, 0.15) is 12.6 Å². The molecule has 1 N–H and O–H groups in total. The van der Waals surface area contributed by atoms with Gasteiger partial charge in [-0.25, -0.2) is 8.42 Å². The maximum Gasteiger partial charge on any atom is 0.244 e. The Morgan fingerprint density at radius 2 is 1.72 bits per heavy atom. The SMILES string of the molecule is CCS(=O)(=O)N(CC(=O)N(Cc1ccc(Cl)c(Cl)c1)[C@@H](C)C(=O)NC(C)C)c1ccc2c(c1)OCO2. The van der Waals surface area contributed by atoms with Crippen molar-refractivity contribution >= 4 is 50.7 Å². The molecular formula is C24H29Cl2N3O6S. The highest BCUT2D eigenvalue weighted by Gasteiger charge is 2.32. The maximum atomic E-state index is 13.6. The van der Waals surface area contributed by atoms with Crippen molar-refractivity contribution < 1.29 is 27.5 Å². The Hall–Kier alpha value is -2.69. The number of nitrogens with one attached hydrogen (secondary N) is 1. The molecule has 1 heterocycles. The van der Waals surface area contributed by atoms with E-state index in [1.54, 1.807) is 37.3 Å². The highest BCUT2D eigenvalue weighted by atomic mass is 35.5. The van der Waals surface area contributed by atoms with E-state index in [-0.39, 0.29) is 36.7 Å². The zero-order valence-corrected chi connectivity index (χ0v) is 22.8. The smallest absolute Gasteiger partial charge is 0.244 e. The predicted molar refractivity (Wildman–Crippen MR) is 139 cm³/mol. The fourth-order valence-electron chi connectivity index (χ4n) is 3.58. The average molecular weight is 558 g/mol. The summed E-state index contributed by atoms with van der Waals surface area (Å²) in [6.07, 6.45) is 0. The molecule has 12 heteroatoms. The number of carbonyl (C=O) groups is 2. The van der Waals surface area contributed by atoms with Crippen molar-refractivity contribution in [1.29, 1.82) is 0 Å². The molecule has 2 aromatic carbocycles. The lowest BCUT2D eigenvalue weighted by Gasteiger charge is -2.32. The van der Waals surface area contributed by atoms with Crippen LogP contribution in [0.2, 0.25) is 10.0 Å². The fraction of sp³-hybridized carbons (Fsp3) is 0.417. The molecule has 9 nitrogen and oxygen atoms in total. The Kier molecular flexibility index (Phi) is 8.97. The minimum Gasteiger partial charge on any atom is -0.454 e. The van der Waals surface area contributed by atoms with Gasteiger partial charge in [0.25, 0.3) is 0 Å². The van der Waals surface area contributed by atoms with Crippen molar-refractivity contribution in [3.63, 3.8) is 0 Å². The number of hydrogen-bond acceptors (Lipinski definition) is 6. The quantitative estimate of drug-likeness (QED) is 0.476. The van der Waals surface area contributed by atoms with Gasteiger partial charge in [0.05, 0.1) is 21.5 Å². The van der Waals surface area contributed by atoms with E-state index in [2.05, 4.69) is 5.32 Å². The summed E-state index contributed by atoms with van der Waals surface area (Å²) in [4.78, 5) is 27.8. The van der Waals surface area contributed by atoms with Crippen molar-refractivity contribution in [2.75, 3.05) is 23.4 Å². The Bertz CT molecular complexity index is 1240. The van der Waals surface area contributed by atoms with Gasteiger partial charge in [0.15, 0.2) is 11.5 Å². The summed E-state index contributed by atoms with van der Waals surface area (Å²) in [6, 6.07) is 8.51. The van der Waals surface area contributed by atoms with E-state index >= 15 is 0 Å². The van der Waals surface area contributed by atoms with Gasteiger partial charge >= 0.3 is 0 Å². The number of hydrogen-bond donors (Lipinski definition) is 1. The number of amides is 2. The van der Waals surface area contributed by atoms with Crippen LogP contribution >= 0.6 is 23.2 Å². The van der Waals surface area contributed by atoms with Crippen molar-refractivity contribution in [3.8, 4) is 11.5 Å². The van der Waals surface area contributed by atoms with Gasteiger partial charge in [0, 0.05) is 18.7 Å². The number of anilines is 1. The normalized spacial score (nSPS) is 13.4. The molecule has 0 fully saturated rings. The van der Waals surface area contributed by atoms with E-state index in [4.69, 9.17) is 32.7 Å². The van der Waals surface area contributed by atoms with Gasteiger partial charge in [-0.15, -0.1) is 0 Å². The summed E-state index contributed by atoms with van der Waals surface area (Å²) in [6.45, 7) is 6.23. The highest BCUT2D eigenvalue weighted by molar-refractivity contribution is 7.92. The van der Waals surface area contributed by atoms with Crippen molar-refractivity contribution in [1.82, 2.24) is 10.2 Å². The highest BCUT2D eigenvalue weighted by Crippen LogP contribution is 2.36. The third kappa shape index (κ3) is 6.54. The first kappa shape index (κ1) is 27.9. The Morgan fingerprint density at radius 1 is 1.03 bits per heavy atom. The fourth-order valence-corrected chi connectivity index (χ4v) is 4.96. The van der Waals surface area contributed by atoms with Crippen molar-refractivity contribution in [3.05, 3.63) is 52.0 Å². The van der Waals surface area contributed by atoms with E-state index in [1.807, 2.05) is 13.8 Å². The largest absolute Gasteiger partial charge is 0.454 e. The second kappa shape index (κ2) is 11.6. The number of rotatable bonds is 10. The summed E-state index contributed by atoms with van der Waals surface area (Å²) < 4.78 is 37.7. The summed E-state index contributed by atoms with van der Waals surface area (Å²) in [5.41, 5.74) is 0.887. The van der Waals surface area contributed by atoms with Gasteiger partial charge in [-0.1, -0.05) is 29.3 Å². The molecule has 1 aliphatic rings. The molecule has 1 atom stereocenters. The van der Waals surface area contributed by atoms with Gasteiger partial charge in [-0.05, 0) is 57.5 Å². The van der Waals surface area contributed by atoms with Crippen LogP contribution in [0.4, 0.5) is 5.69 Å². The van der Waals surface area contributed by atoms with Crippen LogP contribution in [-0.2, 0) is 26.2 Å². The molecule has 36 heavy (non-hydrogen) atoms. The lowest BCUT2D eigenvalue weighted by molar-refractivity contribution is -0.139. The minimum absolute atomic E-state index is 0.0174. The Labute approximate surface area is 221 Å². The van der Waals surface area contributed by atoms with Crippen molar-refractivity contribution in [2.45, 2.75) is 46.3 Å². The molecule has 0 saturated carbocycles. The van der Waals surface area contributed by atoms with Gasteiger partial charge in [-0.3, -0.25) is 13.9 Å². The molecule has 1 aliphatic heterocycles. The lowest BCUT2D eigenvalue weighted by Crippen LogP contribution is -2.52. The molecule has 196 valence electrons. The minimum atomic E-state index is -3.86. The summed E-state index contributed by atoms with van der Waals surface area (Å²) in [7, 11) is -3.86. The van der Waals surface area contributed by atoms with Crippen LogP contribution < -0.4 is 19.1 Å². The van der Waals surface area contributed by atoms with Gasteiger partial charge in [0.2, 0.25) is 28.6 Å². The first-order valence-electron chi connectivity index (χ1n) is 11.4. The third-order valence-corrected chi connectivity index (χ3v) is 8.04. The number of halogens is 2. The Balaban J connectivity index is 1.95. The van der Waals surface area contributed by atoms with Gasteiger partial charge < -0.3 is 19.7 Å². The third-order valence-electron chi connectivity index (χ3n) is 5.56. The lowest BCUT2D eigenvalue weighted by atomic mass is 10.1. The second-order valence-corrected chi connectivity index (χ2v) is 11.6. The van der Waals surface area contributed by atoms with Crippen LogP contribution in [0.25, 0.3) is 0 Å². The number of sulfonamides is 1. The van der Waals surface area contributed by atoms with Crippen LogP contribution in [0.1, 0.15) is 33.3 Å². The molecule has 0 saturated heterocycles. The van der Waals surface area contributed by atoms with E-state index in [0.717, 1.165) is 4.31 Å². The molecule has 2 amide bonds. The number of fused-ring (bicyclic) bond motifs is 1. The summed E-state index contributed by atoms with van der Waals surface area (Å²) in [5.74, 6) is -0.299. The topological polar surface area (TPSA) is 105 Å². The molecule has 0 unspecified atom stereocenters. The molecule has 3 rings (SSSR count). The molecule has 0 aliphatic carbocycles. The van der Waals surface area contributed by atoms with E-state index in [0.29, 0.717) is 27.1 Å². The molecular weight excluding hydrogens is 529 g/mol. The van der Waals surface area contributed by atoms with Gasteiger partial charge in [-0.2, -0.15) is 0 Å². The number of ether oxygens (including phenoxy) is 2. The van der Waals surface area contributed by atoms with E-state index < -0.39 is 28.5 Å². The van der Waals surface area contributed by atoms with Crippen molar-refractivity contribution in [2.24, 2.45) is 0 Å². The van der Waals surface area contributed by atoms with E-state index in [9.17, 15) is 18.0 Å². The number of nitrogens with zero attached hydrogens (tertiary/aromatic N) is 2. The van der Waals surface area contributed by atoms with Crippen LogP contribution in [0.15, 0.2) is 36.4 Å². The van der Waals surface area contributed by atoms with Crippen LogP contribution in [0.3, 0.4) is 0 Å². The number of carbonyl (C=O) groups excluding carboxylic acids is 2. The zero-order valence-electron chi connectivity index (χ0n) is 20.5. The second-order valence-electron chi connectivity index (χ2n) is 8.55. The monoisotopic (exact) mass is 557 g/mol. The zero-order chi connectivity index (χ0) is 26.6. The summed E-state index contributed by atoms with van der Waals surface area (Å²) >= 11 is 12.2. The Morgan fingerprint density at radius 3 is 2.36 bits per heavy atom. The molecule has 0 radical (unpaired) electrons. The molecule has 0 bridgehead atoms. The maximum absolute atomic E-state index is 13.6. The van der Waals surface area contributed by atoms with Crippen LogP contribution in [0, 0.1) is 0 Å². The molecule has 2 aromatic rings. The van der Waals surface area contributed by atoms with E-state index in [1.165, 1.54) is 17.9 Å². The van der Waals surface area contributed by atoms with Crippen LogP contribution in [0.5, 0.6) is 11.5 Å². The standard InChI is InChI=1S/C24H29Cl2N3O6S/c1-5-36(32,33)29(18-7-9-21-22(11-18)35-14-34-21)13-23(30)28(16(4)24(31)27-15(2)3)12-17-6-8-19(25)20(26)10-17/h6-11,15-16H,5,12-14H2,1-4H3,(H,27,31)/t16-/m0/s1. The first-order valence-corrected chi connectivity index (χ1v) is 13.7. The number of benzene rings is 2. The van der Waals surface area contributed by atoms with Crippen LogP contribution in [-0.4, -0.2) is 56.3 Å².